The van der Waals surface area contributed by atoms with Gasteiger partial charge in [-0.15, -0.1) is 0 Å². The lowest BCUT2D eigenvalue weighted by Crippen LogP contribution is -2.40. The minimum Gasteiger partial charge on any atom is -0.477 e. The van der Waals surface area contributed by atoms with Crippen LogP contribution in [0.25, 0.3) is 0 Å². The zero-order valence-electron chi connectivity index (χ0n) is 54.7. The molecule has 0 fully saturated rings. The maximum Gasteiger partial charge on any atom is 0.361 e. The number of rotatable bonds is 60. The van der Waals surface area contributed by atoms with Crippen molar-refractivity contribution >= 4 is 17.9 Å². The minimum absolute atomic E-state index is 0.177. The Morgan fingerprint density at radius 3 is 0.941 bits per heavy atom. The van der Waals surface area contributed by atoms with Crippen molar-refractivity contribution < 1.29 is 42.9 Å². The Labute approximate surface area is 521 Å². The van der Waals surface area contributed by atoms with Crippen LogP contribution in [0.15, 0.2) is 158 Å². The smallest absolute Gasteiger partial charge is 0.361 e. The number of unbranched alkanes of at least 4 members (excludes halogenated alkanes) is 19. The molecule has 0 aromatic rings. The van der Waals surface area contributed by atoms with Crippen LogP contribution in [0.1, 0.15) is 245 Å². The minimum atomic E-state index is -1.52. The second kappa shape index (κ2) is 64.9. The summed E-state index contributed by atoms with van der Waals surface area (Å²) in [5.41, 5.74) is 0. The first-order chi connectivity index (χ1) is 41.6. The molecule has 0 heterocycles. The molecule has 0 aliphatic carbocycles. The summed E-state index contributed by atoms with van der Waals surface area (Å²) in [5.74, 6) is -2.03. The van der Waals surface area contributed by atoms with Crippen LogP contribution in [0.4, 0.5) is 0 Å². The van der Waals surface area contributed by atoms with Crippen molar-refractivity contribution in [3.05, 3.63) is 158 Å². The maximum atomic E-state index is 12.9. The third-order valence-electron chi connectivity index (χ3n) is 13.8. The van der Waals surface area contributed by atoms with Gasteiger partial charge in [-0.2, -0.15) is 0 Å². The summed E-state index contributed by atoms with van der Waals surface area (Å²) >= 11 is 0. The number of hydrogen-bond donors (Lipinski definition) is 1. The van der Waals surface area contributed by atoms with Gasteiger partial charge in [0.05, 0.1) is 34.4 Å². The number of aliphatic carboxylic acids is 1. The summed E-state index contributed by atoms with van der Waals surface area (Å²) in [7, 11) is 5.96. The highest BCUT2D eigenvalue weighted by molar-refractivity contribution is 5.71. The van der Waals surface area contributed by atoms with Crippen molar-refractivity contribution in [1.29, 1.82) is 0 Å². The highest BCUT2D eigenvalue weighted by Gasteiger charge is 2.25. The standard InChI is InChI=1S/C76H123NO8/c1-6-8-10-12-14-16-18-20-22-24-26-28-30-32-34-35-36-37-38-39-41-43-45-47-49-51-53-55-57-59-61-63-65-67-74(79)85-72(71-84-76(75(80)81)82-69-68-77(3,4)5)70-83-73(78)66-64-62-60-58-56-54-52-50-48-46-44-42-40-33-31-29-27-25-23-21-19-17-15-13-11-9-7-2/h8-11,14-17,20-23,26-29,32-34,36-37,39-41,44,46,72,76H,6-7,12-13,18-19,24-25,30-31,35,38,42-43,45,47-71H2,1-5H3/p+1/b10-8-,11-9-,16-14-,17-15-,22-20-,23-21-,28-26-,29-27-,34-32-,37-36-,40-33-,41-39-,46-44-. The number of esters is 2. The van der Waals surface area contributed by atoms with Gasteiger partial charge < -0.3 is 28.5 Å². The summed E-state index contributed by atoms with van der Waals surface area (Å²) in [6, 6.07) is 0. The van der Waals surface area contributed by atoms with Crippen LogP contribution in [0.2, 0.25) is 0 Å². The molecular weight excluding hydrogens is 1050 g/mol. The second-order valence-electron chi connectivity index (χ2n) is 23.0. The zero-order chi connectivity index (χ0) is 61.9. The number of carboxylic acids is 1. The topological polar surface area (TPSA) is 108 Å². The Morgan fingerprint density at radius 2 is 0.635 bits per heavy atom. The molecule has 1 N–H and O–H groups in total. The fourth-order valence-corrected chi connectivity index (χ4v) is 8.70. The number of carbonyl (C=O) groups is 3. The third kappa shape index (κ3) is 66.3. The Balaban J connectivity index is 4.22. The molecule has 9 nitrogen and oxygen atoms in total. The van der Waals surface area contributed by atoms with Crippen LogP contribution in [-0.2, 0) is 33.3 Å². The molecule has 9 heteroatoms. The number of hydrogen-bond acceptors (Lipinski definition) is 7. The van der Waals surface area contributed by atoms with E-state index in [0.717, 1.165) is 141 Å². The van der Waals surface area contributed by atoms with Gasteiger partial charge in [0.1, 0.15) is 13.2 Å². The summed E-state index contributed by atoms with van der Waals surface area (Å²) in [6.07, 6.45) is 93.3. The summed E-state index contributed by atoms with van der Waals surface area (Å²) in [6.45, 7) is 4.62. The highest BCUT2D eigenvalue weighted by atomic mass is 16.7. The van der Waals surface area contributed by atoms with E-state index >= 15 is 0 Å². The third-order valence-corrected chi connectivity index (χ3v) is 13.8. The number of quaternary nitrogens is 1. The van der Waals surface area contributed by atoms with E-state index in [1.807, 2.05) is 21.1 Å². The monoisotopic (exact) mass is 1180 g/mol. The molecule has 0 radical (unpaired) electrons. The SMILES string of the molecule is CC/C=C\C/C=C\C/C=C\C/C=C\C/C=C\C/C=C\C/C=C\CCCCCCCCCCCCCC(=O)OC(COC(=O)CCCCCCCCCC/C=C\C/C=C\C/C=C\C/C=C\C/C=C\C/C=C\CC)COC(OCC[N+](C)(C)C)C(=O)O. The summed E-state index contributed by atoms with van der Waals surface area (Å²) in [4.78, 5) is 37.6. The number of nitrogens with zero attached hydrogens (tertiary/aromatic N) is 1. The quantitative estimate of drug-likeness (QED) is 0.0211. The molecule has 0 aliphatic heterocycles. The lowest BCUT2D eigenvalue weighted by Gasteiger charge is -2.25. The average molecular weight is 1180 g/mol. The van der Waals surface area contributed by atoms with Gasteiger partial charge in [0.25, 0.3) is 6.29 Å². The first kappa shape index (κ1) is 79.9. The van der Waals surface area contributed by atoms with Gasteiger partial charge in [-0.3, -0.25) is 9.59 Å². The Kier molecular flexibility index (Phi) is 61.0. The number of carbonyl (C=O) groups excluding carboxylic acids is 2. The van der Waals surface area contributed by atoms with Gasteiger partial charge in [-0.1, -0.05) is 268 Å². The Hall–Kier alpha value is -5.09. The summed E-state index contributed by atoms with van der Waals surface area (Å²) < 4.78 is 22.9. The molecule has 85 heavy (non-hydrogen) atoms. The molecule has 0 amide bonds. The fraction of sp³-hybridized carbons (Fsp3) is 0.618. The first-order valence-electron chi connectivity index (χ1n) is 33.6. The van der Waals surface area contributed by atoms with Crippen molar-refractivity contribution in [2.45, 2.75) is 257 Å². The van der Waals surface area contributed by atoms with Gasteiger partial charge in [-0.25, -0.2) is 4.79 Å². The van der Waals surface area contributed by atoms with E-state index in [2.05, 4.69) is 172 Å². The first-order valence-corrected chi connectivity index (χ1v) is 33.6. The predicted octanol–water partition coefficient (Wildman–Crippen LogP) is 20.9. The molecule has 2 unspecified atom stereocenters. The predicted molar refractivity (Wildman–Crippen MR) is 363 cm³/mol. The van der Waals surface area contributed by atoms with Crippen molar-refractivity contribution in [3.63, 3.8) is 0 Å². The molecule has 2 atom stereocenters. The molecular formula is C76H124NO8+. The molecule has 0 aromatic heterocycles. The number of allylic oxidation sites excluding steroid dienone is 26. The normalized spacial score (nSPS) is 13.8. The van der Waals surface area contributed by atoms with Crippen LogP contribution in [0.3, 0.4) is 0 Å². The molecule has 0 rings (SSSR count). The lowest BCUT2D eigenvalue weighted by molar-refractivity contribution is -0.870. The van der Waals surface area contributed by atoms with Crippen LogP contribution in [0, 0.1) is 0 Å². The van der Waals surface area contributed by atoms with Gasteiger partial charge in [0, 0.05) is 12.8 Å². The molecule has 0 aromatic carbocycles. The van der Waals surface area contributed by atoms with Gasteiger partial charge >= 0.3 is 17.9 Å². The van der Waals surface area contributed by atoms with E-state index in [9.17, 15) is 19.5 Å². The van der Waals surface area contributed by atoms with E-state index < -0.39 is 24.3 Å². The van der Waals surface area contributed by atoms with Crippen molar-refractivity contribution in [3.8, 4) is 0 Å². The Bertz CT molecular complexity index is 1950. The van der Waals surface area contributed by atoms with E-state index in [1.54, 1.807) is 0 Å². The van der Waals surface area contributed by atoms with E-state index in [-0.39, 0.29) is 38.6 Å². The molecule has 480 valence electrons. The maximum absolute atomic E-state index is 12.9. The van der Waals surface area contributed by atoms with E-state index in [4.69, 9.17) is 18.9 Å². The number of ether oxygens (including phenoxy) is 4. The Morgan fingerprint density at radius 1 is 0.353 bits per heavy atom. The summed E-state index contributed by atoms with van der Waals surface area (Å²) in [5, 5.41) is 9.74. The number of carboxylic acid groups (broad SMARTS) is 1. The molecule has 0 saturated carbocycles. The van der Waals surface area contributed by atoms with Gasteiger partial charge in [0.2, 0.25) is 0 Å². The molecule has 0 spiro atoms. The lowest BCUT2D eigenvalue weighted by atomic mass is 10.0. The van der Waals surface area contributed by atoms with Crippen LogP contribution >= 0.6 is 0 Å². The van der Waals surface area contributed by atoms with Crippen LogP contribution in [0.5, 0.6) is 0 Å². The van der Waals surface area contributed by atoms with E-state index in [0.29, 0.717) is 17.4 Å². The fourth-order valence-electron chi connectivity index (χ4n) is 8.70. The van der Waals surface area contributed by atoms with Crippen molar-refractivity contribution in [2.75, 3.05) is 47.5 Å². The van der Waals surface area contributed by atoms with Gasteiger partial charge in [-0.05, 0) is 122 Å². The molecule has 0 saturated heterocycles. The molecule has 0 bridgehead atoms. The highest BCUT2D eigenvalue weighted by Crippen LogP contribution is 2.15. The van der Waals surface area contributed by atoms with Gasteiger partial charge in [0.15, 0.2) is 6.10 Å². The van der Waals surface area contributed by atoms with Crippen LogP contribution in [-0.4, -0.2) is 87.4 Å². The van der Waals surface area contributed by atoms with Crippen molar-refractivity contribution in [1.82, 2.24) is 0 Å². The zero-order valence-corrected chi connectivity index (χ0v) is 54.7. The van der Waals surface area contributed by atoms with E-state index in [1.165, 1.54) is 70.6 Å². The number of likely N-dealkylation sites (N-methyl/N-ethyl adjacent to an activating group) is 1. The average Bonchev–Trinajstić information content (AvgIpc) is 3.49. The molecule has 0 aliphatic rings. The van der Waals surface area contributed by atoms with Crippen molar-refractivity contribution in [2.24, 2.45) is 0 Å². The van der Waals surface area contributed by atoms with Crippen LogP contribution < -0.4 is 0 Å². The largest absolute Gasteiger partial charge is 0.477 e. The second-order valence-corrected chi connectivity index (χ2v) is 23.0.